The smallest absolute Gasteiger partial charge is 0.410 e. The molecule has 2 N–H and O–H groups in total. The van der Waals surface area contributed by atoms with Gasteiger partial charge in [0.15, 0.2) is 23.0 Å². The summed E-state index contributed by atoms with van der Waals surface area (Å²) in [5.41, 5.74) is 3.75. The molecule has 278 valence electrons. The Balaban J connectivity index is 1.36. The molecule has 2 aromatic carbocycles. The predicted molar refractivity (Wildman–Crippen MR) is 186 cm³/mol. The van der Waals surface area contributed by atoms with Crippen molar-refractivity contribution in [1.82, 2.24) is 20.0 Å². The number of ether oxygens (including phenoxy) is 5. The van der Waals surface area contributed by atoms with Crippen molar-refractivity contribution in [3.63, 3.8) is 0 Å². The van der Waals surface area contributed by atoms with Gasteiger partial charge in [0.2, 0.25) is 12.7 Å². The van der Waals surface area contributed by atoms with Crippen LogP contribution in [0.1, 0.15) is 86.0 Å². The van der Waals surface area contributed by atoms with Crippen LogP contribution < -0.4 is 24.3 Å². The number of nitriles is 1. The molecular formula is C38H47N5O9. The zero-order valence-electron chi connectivity index (χ0n) is 31.0. The summed E-state index contributed by atoms with van der Waals surface area (Å²) in [6, 6.07) is 1.55. The number of aryl methyl sites for hydroxylation is 1. The second kappa shape index (κ2) is 13.0. The molecule has 0 spiro atoms. The Morgan fingerprint density at radius 3 is 2.50 bits per heavy atom. The summed E-state index contributed by atoms with van der Waals surface area (Å²) in [5.74, 6) is 0.904. The Morgan fingerprint density at radius 1 is 1.10 bits per heavy atom. The number of hydrogen-bond donors (Lipinski definition) is 2. The van der Waals surface area contributed by atoms with E-state index in [2.05, 4.69) is 21.2 Å². The summed E-state index contributed by atoms with van der Waals surface area (Å²) in [4.78, 5) is 45.5. The first-order chi connectivity index (χ1) is 24.7. The number of carbonyl (C=O) groups is 3. The number of piperazine rings is 1. The van der Waals surface area contributed by atoms with Crippen molar-refractivity contribution < 1.29 is 43.2 Å². The third-order valence-electron chi connectivity index (χ3n) is 11.2. The number of rotatable bonds is 5. The van der Waals surface area contributed by atoms with Gasteiger partial charge in [-0.2, -0.15) is 5.26 Å². The van der Waals surface area contributed by atoms with Crippen molar-refractivity contribution >= 4 is 18.0 Å². The number of phenolic OH excluding ortho intramolecular Hbond substituents is 1. The minimum Gasteiger partial charge on any atom is -0.504 e. The Morgan fingerprint density at radius 2 is 1.83 bits per heavy atom. The van der Waals surface area contributed by atoms with Gasteiger partial charge in [-0.1, -0.05) is 6.07 Å². The minimum absolute atomic E-state index is 0.0440. The number of likely N-dealkylation sites (tertiary alicyclic amines) is 1. The van der Waals surface area contributed by atoms with E-state index < -0.39 is 47.9 Å². The van der Waals surface area contributed by atoms with Crippen LogP contribution >= 0.6 is 0 Å². The zero-order valence-corrected chi connectivity index (χ0v) is 31.0. The quantitative estimate of drug-likeness (QED) is 0.339. The van der Waals surface area contributed by atoms with Crippen LogP contribution in [0.5, 0.6) is 28.7 Å². The lowest BCUT2D eigenvalue weighted by molar-refractivity contribution is -0.132. The highest BCUT2D eigenvalue weighted by atomic mass is 16.7. The summed E-state index contributed by atoms with van der Waals surface area (Å²) in [6.45, 7) is 10.8. The van der Waals surface area contributed by atoms with Crippen molar-refractivity contribution in [2.45, 2.75) is 109 Å². The highest BCUT2D eigenvalue weighted by Crippen LogP contribution is 2.58. The van der Waals surface area contributed by atoms with Crippen LogP contribution in [0.3, 0.4) is 0 Å². The monoisotopic (exact) mass is 717 g/mol. The SMILES string of the molecule is COc1c(C)cc2c(c1O)[C@@H]1C3Cc4c(OC(C)=O)c(C)c5c(c4[C@H](CNC(=O)[C@@H]4CCCN4C(=O)OC(C)(C)C)N3[C@@H](C#N)[C@@H](C2)N1C)OCO5. The number of hydrogen-bond acceptors (Lipinski definition) is 12. The van der Waals surface area contributed by atoms with Crippen molar-refractivity contribution in [2.24, 2.45) is 0 Å². The maximum absolute atomic E-state index is 14.0. The summed E-state index contributed by atoms with van der Waals surface area (Å²) >= 11 is 0. The number of benzene rings is 2. The van der Waals surface area contributed by atoms with Crippen LogP contribution in [0.2, 0.25) is 0 Å². The fourth-order valence-corrected chi connectivity index (χ4v) is 9.20. The molecule has 0 aliphatic carbocycles. The number of esters is 1. The van der Waals surface area contributed by atoms with Crippen LogP contribution in [-0.4, -0.2) is 102 Å². The van der Waals surface area contributed by atoms with Gasteiger partial charge in [0, 0.05) is 54.4 Å². The molecule has 0 radical (unpaired) electrons. The lowest BCUT2D eigenvalue weighted by Crippen LogP contribution is -2.69. The van der Waals surface area contributed by atoms with Gasteiger partial charge in [0.25, 0.3) is 0 Å². The van der Waals surface area contributed by atoms with Gasteiger partial charge >= 0.3 is 12.1 Å². The lowest BCUT2D eigenvalue weighted by Gasteiger charge is -2.60. The van der Waals surface area contributed by atoms with Crippen LogP contribution in [0.4, 0.5) is 4.79 Å². The first kappa shape index (κ1) is 35.7. The Kier molecular flexibility index (Phi) is 8.94. The number of aromatic hydroxyl groups is 1. The van der Waals surface area contributed by atoms with Crippen LogP contribution in [-0.2, 0) is 27.2 Å². The van der Waals surface area contributed by atoms with Crippen molar-refractivity contribution in [3.8, 4) is 34.8 Å². The third kappa shape index (κ3) is 5.65. The van der Waals surface area contributed by atoms with E-state index in [0.717, 1.165) is 16.7 Å². The third-order valence-corrected chi connectivity index (χ3v) is 11.2. The Labute approximate surface area is 303 Å². The number of likely N-dealkylation sites (N-methyl/N-ethyl adjacent to an activating group) is 1. The van der Waals surface area contributed by atoms with Crippen molar-refractivity contribution in [1.29, 1.82) is 5.26 Å². The maximum Gasteiger partial charge on any atom is 0.410 e. The molecule has 0 saturated carbocycles. The molecule has 0 aromatic heterocycles. The molecule has 1 unspecified atom stereocenters. The highest BCUT2D eigenvalue weighted by molar-refractivity contribution is 5.86. The van der Waals surface area contributed by atoms with Gasteiger partial charge in [0.1, 0.15) is 23.4 Å². The summed E-state index contributed by atoms with van der Waals surface area (Å²) < 4.78 is 29.3. The predicted octanol–water partition coefficient (Wildman–Crippen LogP) is 3.96. The van der Waals surface area contributed by atoms with E-state index >= 15 is 0 Å². The molecule has 2 aromatic rings. The molecule has 2 amide bonds. The van der Waals surface area contributed by atoms with E-state index in [1.165, 1.54) is 18.9 Å². The van der Waals surface area contributed by atoms with Crippen LogP contribution in [0.15, 0.2) is 6.07 Å². The van der Waals surface area contributed by atoms with Crippen molar-refractivity contribution in [2.75, 3.05) is 34.0 Å². The van der Waals surface area contributed by atoms with E-state index in [1.54, 1.807) is 20.8 Å². The molecule has 6 atom stereocenters. The fourth-order valence-electron chi connectivity index (χ4n) is 9.20. The van der Waals surface area contributed by atoms with Gasteiger partial charge in [-0.05, 0) is 78.5 Å². The molecule has 2 fully saturated rings. The highest BCUT2D eigenvalue weighted by Gasteiger charge is 2.57. The molecule has 2 bridgehead atoms. The van der Waals surface area contributed by atoms with Gasteiger partial charge in [0.05, 0.1) is 25.3 Å². The fraction of sp³-hybridized carbons (Fsp3) is 0.579. The first-order valence-corrected chi connectivity index (χ1v) is 17.9. The number of nitrogens with one attached hydrogen (secondary N) is 1. The number of methoxy groups -OCH3 is 1. The average Bonchev–Trinajstić information content (AvgIpc) is 3.76. The summed E-state index contributed by atoms with van der Waals surface area (Å²) in [6.07, 6.45) is 1.43. The standard InChI is InChI=1S/C38H47N5O9/c1-18-12-21-13-24-26(15-39)43-25(30(41(24)7)28(21)31(45)32(18)48-8)14-22-29(35-34(49-17-50-35)19(2)33(22)51-20(3)44)27(43)16-40-36(46)23-10-9-11-42(23)37(47)52-38(4,5)6/h12,23-27,30,45H,9-11,13-14,16-17H2,1-8H3,(H,40,46)/t23-,24+,25?,26-,27-,30-/m0/s1. The topological polar surface area (TPSA) is 163 Å². The normalized spacial score (nSPS) is 26.1. The number of amides is 2. The maximum atomic E-state index is 14.0. The second-order valence-corrected chi connectivity index (χ2v) is 15.4. The number of phenols is 1. The lowest BCUT2D eigenvalue weighted by atomic mass is 9.71. The van der Waals surface area contributed by atoms with Gasteiger partial charge in [-0.25, -0.2) is 4.79 Å². The Hall–Kier alpha value is -4.74. The first-order valence-electron chi connectivity index (χ1n) is 17.9. The second-order valence-electron chi connectivity index (χ2n) is 15.4. The molecular weight excluding hydrogens is 670 g/mol. The van der Waals surface area contributed by atoms with Gasteiger partial charge < -0.3 is 34.1 Å². The average molecular weight is 718 g/mol. The molecule has 52 heavy (non-hydrogen) atoms. The molecule has 5 aliphatic heterocycles. The molecule has 5 heterocycles. The number of carbonyl (C=O) groups excluding carboxylic acids is 3. The summed E-state index contributed by atoms with van der Waals surface area (Å²) in [7, 11) is 3.50. The zero-order chi connectivity index (χ0) is 37.4. The van der Waals surface area contributed by atoms with Gasteiger partial charge in [-0.3, -0.25) is 24.3 Å². The van der Waals surface area contributed by atoms with Crippen LogP contribution in [0.25, 0.3) is 0 Å². The van der Waals surface area contributed by atoms with Crippen molar-refractivity contribution in [3.05, 3.63) is 39.4 Å². The van der Waals surface area contributed by atoms with Gasteiger partial charge in [-0.15, -0.1) is 0 Å². The minimum atomic E-state index is -0.730. The molecule has 2 saturated heterocycles. The molecule has 7 rings (SSSR count). The molecule has 5 aliphatic rings. The van der Waals surface area contributed by atoms with E-state index in [1.807, 2.05) is 27.0 Å². The van der Waals surface area contributed by atoms with E-state index in [0.29, 0.717) is 71.9 Å². The Bertz CT molecular complexity index is 1880. The molecule has 14 heteroatoms. The van der Waals surface area contributed by atoms with E-state index in [4.69, 9.17) is 23.7 Å². The van der Waals surface area contributed by atoms with E-state index in [-0.39, 0.29) is 31.0 Å². The number of fused-ring (bicyclic) bond motifs is 9. The van der Waals surface area contributed by atoms with Crippen LogP contribution in [0, 0.1) is 25.2 Å². The summed E-state index contributed by atoms with van der Waals surface area (Å²) in [5, 5.41) is 25.9. The largest absolute Gasteiger partial charge is 0.504 e. The van der Waals surface area contributed by atoms with E-state index in [9.17, 15) is 24.8 Å². The molecule has 14 nitrogen and oxygen atoms in total. The number of nitrogens with zero attached hydrogens (tertiary/aromatic N) is 4.